The van der Waals surface area contributed by atoms with Gasteiger partial charge in [0.15, 0.2) is 0 Å². The minimum atomic E-state index is -0.129. The molecule has 0 unspecified atom stereocenters. The standard InChI is InChI=1S/C21H35N3O2/c25-19(16-6-2-1-3-7-16)23-18-9-12-24(13-10-18)20(26)21-11-5-4-8-17(21)14-22-15-21/h16-18,22H,1-15H2,(H,23,25)/t17-,21+/m0/s1. The number of rotatable bonds is 3. The maximum Gasteiger partial charge on any atom is 0.230 e. The van der Waals surface area contributed by atoms with Crippen LogP contribution in [0.25, 0.3) is 0 Å². The second-order valence-corrected chi connectivity index (χ2v) is 9.14. The van der Waals surface area contributed by atoms with Crippen LogP contribution in [-0.2, 0) is 9.59 Å². The van der Waals surface area contributed by atoms with Crippen LogP contribution in [0.1, 0.15) is 70.6 Å². The number of nitrogens with zero attached hydrogens (tertiary/aromatic N) is 1. The highest BCUT2D eigenvalue weighted by atomic mass is 16.2. The number of amides is 2. The molecule has 0 aromatic rings. The Kier molecular flexibility index (Phi) is 5.53. The van der Waals surface area contributed by atoms with Crippen LogP contribution in [0.3, 0.4) is 0 Å². The third-order valence-corrected chi connectivity index (χ3v) is 7.57. The van der Waals surface area contributed by atoms with Gasteiger partial charge in [-0.25, -0.2) is 0 Å². The van der Waals surface area contributed by atoms with Crippen molar-refractivity contribution in [3.63, 3.8) is 0 Å². The fourth-order valence-electron chi connectivity index (χ4n) is 5.89. The largest absolute Gasteiger partial charge is 0.353 e. The summed E-state index contributed by atoms with van der Waals surface area (Å²) in [5, 5.41) is 6.77. The highest BCUT2D eigenvalue weighted by Gasteiger charge is 2.51. The summed E-state index contributed by atoms with van der Waals surface area (Å²) >= 11 is 0. The summed E-state index contributed by atoms with van der Waals surface area (Å²) in [6, 6.07) is 0.259. The highest BCUT2D eigenvalue weighted by molar-refractivity contribution is 5.84. The smallest absolute Gasteiger partial charge is 0.230 e. The number of nitrogens with one attached hydrogen (secondary N) is 2. The van der Waals surface area contributed by atoms with Crippen molar-refractivity contribution in [2.45, 2.75) is 76.7 Å². The van der Waals surface area contributed by atoms with Crippen molar-refractivity contribution in [1.29, 1.82) is 0 Å². The molecule has 0 spiro atoms. The molecule has 2 atom stereocenters. The van der Waals surface area contributed by atoms with E-state index >= 15 is 0 Å². The Morgan fingerprint density at radius 2 is 1.65 bits per heavy atom. The molecule has 0 aromatic carbocycles. The molecule has 4 aliphatic rings. The summed E-state index contributed by atoms with van der Waals surface area (Å²) in [5.41, 5.74) is -0.129. The first kappa shape index (κ1) is 18.3. The molecule has 5 heteroatoms. The zero-order valence-corrected chi connectivity index (χ0v) is 16.1. The van der Waals surface area contributed by atoms with E-state index in [9.17, 15) is 9.59 Å². The minimum absolute atomic E-state index is 0.129. The number of hydrogen-bond donors (Lipinski definition) is 2. The molecular weight excluding hydrogens is 326 g/mol. The lowest BCUT2D eigenvalue weighted by Crippen LogP contribution is -2.54. The van der Waals surface area contributed by atoms with Gasteiger partial charge in [0.25, 0.3) is 0 Å². The second kappa shape index (κ2) is 7.87. The van der Waals surface area contributed by atoms with Crippen molar-refractivity contribution in [1.82, 2.24) is 15.5 Å². The van der Waals surface area contributed by atoms with Gasteiger partial charge in [-0.05, 0) is 51.0 Å². The number of hydrogen-bond acceptors (Lipinski definition) is 3. The Balaban J connectivity index is 1.29. The number of fused-ring (bicyclic) bond motifs is 1. The van der Waals surface area contributed by atoms with Gasteiger partial charge in [-0.1, -0.05) is 32.1 Å². The number of carbonyl (C=O) groups is 2. The lowest BCUT2D eigenvalue weighted by atomic mass is 9.67. The number of likely N-dealkylation sites (tertiary alicyclic amines) is 1. The monoisotopic (exact) mass is 361 g/mol. The van der Waals surface area contributed by atoms with Gasteiger partial charge in [0.05, 0.1) is 5.41 Å². The molecule has 2 N–H and O–H groups in total. The summed E-state index contributed by atoms with van der Waals surface area (Å²) in [5.74, 6) is 1.42. The molecule has 26 heavy (non-hydrogen) atoms. The maximum absolute atomic E-state index is 13.3. The highest BCUT2D eigenvalue weighted by Crippen LogP contribution is 2.45. The van der Waals surface area contributed by atoms with Crippen molar-refractivity contribution in [3.05, 3.63) is 0 Å². The molecule has 2 aliphatic carbocycles. The van der Waals surface area contributed by atoms with Crippen LogP contribution in [0.2, 0.25) is 0 Å². The average molecular weight is 362 g/mol. The Hall–Kier alpha value is -1.10. The molecule has 2 saturated heterocycles. The Labute approximate surface area is 157 Å². The molecule has 0 radical (unpaired) electrons. The van der Waals surface area contributed by atoms with Crippen LogP contribution in [-0.4, -0.2) is 48.9 Å². The van der Waals surface area contributed by atoms with Crippen molar-refractivity contribution < 1.29 is 9.59 Å². The Bertz CT molecular complexity index is 523. The predicted molar refractivity (Wildman–Crippen MR) is 102 cm³/mol. The molecule has 5 nitrogen and oxygen atoms in total. The molecule has 0 aromatic heterocycles. The van der Waals surface area contributed by atoms with Gasteiger partial charge in [0.1, 0.15) is 0 Å². The summed E-state index contributed by atoms with van der Waals surface area (Å²) in [7, 11) is 0. The van der Waals surface area contributed by atoms with Gasteiger partial charge in [0.2, 0.25) is 11.8 Å². The lowest BCUT2D eigenvalue weighted by molar-refractivity contribution is -0.146. The zero-order chi connectivity index (χ0) is 18.0. The van der Waals surface area contributed by atoms with Gasteiger partial charge in [-0.2, -0.15) is 0 Å². The van der Waals surface area contributed by atoms with Crippen LogP contribution < -0.4 is 10.6 Å². The molecular formula is C21H35N3O2. The summed E-state index contributed by atoms with van der Waals surface area (Å²) in [4.78, 5) is 27.9. The van der Waals surface area contributed by atoms with Gasteiger partial charge >= 0.3 is 0 Å². The van der Waals surface area contributed by atoms with E-state index in [-0.39, 0.29) is 23.3 Å². The van der Waals surface area contributed by atoms with E-state index in [0.717, 1.165) is 58.3 Å². The molecule has 2 aliphatic heterocycles. The summed E-state index contributed by atoms with van der Waals surface area (Å²) < 4.78 is 0. The molecule has 4 fully saturated rings. The van der Waals surface area contributed by atoms with E-state index < -0.39 is 0 Å². The molecule has 146 valence electrons. The van der Waals surface area contributed by atoms with E-state index in [1.54, 1.807) is 0 Å². The number of carbonyl (C=O) groups excluding carboxylic acids is 2. The lowest BCUT2D eigenvalue weighted by Gasteiger charge is -2.43. The average Bonchev–Trinajstić information content (AvgIpc) is 3.14. The second-order valence-electron chi connectivity index (χ2n) is 9.14. The molecule has 4 rings (SSSR count). The molecule has 2 saturated carbocycles. The minimum Gasteiger partial charge on any atom is -0.353 e. The molecule has 2 amide bonds. The van der Waals surface area contributed by atoms with E-state index in [2.05, 4.69) is 15.5 Å². The first-order valence-electron chi connectivity index (χ1n) is 11.0. The van der Waals surface area contributed by atoms with Crippen LogP contribution in [0.4, 0.5) is 0 Å². The molecule has 0 bridgehead atoms. The fraction of sp³-hybridized carbons (Fsp3) is 0.905. The first-order valence-corrected chi connectivity index (χ1v) is 11.0. The van der Waals surface area contributed by atoms with Gasteiger partial charge < -0.3 is 15.5 Å². The van der Waals surface area contributed by atoms with Crippen LogP contribution >= 0.6 is 0 Å². The third kappa shape index (κ3) is 3.51. The van der Waals surface area contributed by atoms with Gasteiger partial charge in [0, 0.05) is 31.6 Å². The first-order chi connectivity index (χ1) is 12.7. The quantitative estimate of drug-likeness (QED) is 0.812. The van der Waals surface area contributed by atoms with E-state index in [1.165, 1.54) is 38.5 Å². The SMILES string of the molecule is O=C(NC1CCN(C(=O)[C@@]23CCCC[C@H]2CNC3)CC1)C1CCCCC1. The van der Waals surface area contributed by atoms with Crippen LogP contribution in [0.5, 0.6) is 0 Å². The van der Waals surface area contributed by atoms with Gasteiger partial charge in [-0.15, -0.1) is 0 Å². The van der Waals surface area contributed by atoms with Crippen molar-refractivity contribution in [2.75, 3.05) is 26.2 Å². The van der Waals surface area contributed by atoms with E-state index in [0.29, 0.717) is 11.8 Å². The van der Waals surface area contributed by atoms with Crippen LogP contribution in [0.15, 0.2) is 0 Å². The van der Waals surface area contributed by atoms with Crippen molar-refractivity contribution >= 4 is 11.8 Å². The third-order valence-electron chi connectivity index (χ3n) is 7.57. The van der Waals surface area contributed by atoms with Crippen molar-refractivity contribution in [3.8, 4) is 0 Å². The predicted octanol–water partition coefficient (Wildman–Crippen LogP) is 2.45. The zero-order valence-electron chi connectivity index (χ0n) is 16.1. The molecule has 2 heterocycles. The van der Waals surface area contributed by atoms with Gasteiger partial charge in [-0.3, -0.25) is 9.59 Å². The van der Waals surface area contributed by atoms with Crippen molar-refractivity contribution in [2.24, 2.45) is 17.3 Å². The van der Waals surface area contributed by atoms with E-state index in [1.807, 2.05) is 0 Å². The van der Waals surface area contributed by atoms with Crippen LogP contribution in [0, 0.1) is 17.3 Å². The Morgan fingerprint density at radius 3 is 2.42 bits per heavy atom. The Morgan fingerprint density at radius 1 is 0.923 bits per heavy atom. The summed E-state index contributed by atoms with van der Waals surface area (Å²) in [6.07, 6.45) is 12.3. The topological polar surface area (TPSA) is 61.4 Å². The number of piperidine rings is 1. The fourth-order valence-corrected chi connectivity index (χ4v) is 5.89. The van der Waals surface area contributed by atoms with E-state index in [4.69, 9.17) is 0 Å². The normalized spacial score (nSPS) is 33.7. The maximum atomic E-state index is 13.3. The summed E-state index contributed by atoms with van der Waals surface area (Å²) in [6.45, 7) is 3.50.